The molecule has 0 spiro atoms. The van der Waals surface area contributed by atoms with Crippen LogP contribution >= 0.6 is 15.9 Å². The van der Waals surface area contributed by atoms with Gasteiger partial charge in [0.2, 0.25) is 5.91 Å². The molecule has 0 fully saturated rings. The van der Waals surface area contributed by atoms with Crippen molar-refractivity contribution in [2.45, 2.75) is 50.8 Å². The predicted octanol–water partition coefficient (Wildman–Crippen LogP) is 2.02. The Morgan fingerprint density at radius 2 is 1.76 bits per heavy atom. The Balaban J connectivity index is 0. The summed E-state index contributed by atoms with van der Waals surface area (Å²) < 4.78 is 4.07. The van der Waals surface area contributed by atoms with E-state index in [0.29, 0.717) is 19.4 Å². The molecule has 0 aliphatic carbocycles. The summed E-state index contributed by atoms with van der Waals surface area (Å²) in [5.74, 6) is -1.27. The minimum atomic E-state index is -0.897. The second kappa shape index (κ2) is 12.6. The van der Waals surface area contributed by atoms with Gasteiger partial charge in [0.1, 0.15) is 10.9 Å². The molecule has 0 aromatic carbocycles. The summed E-state index contributed by atoms with van der Waals surface area (Å²) in [5, 5.41) is 10.1. The maximum atomic E-state index is 11.3. The summed E-state index contributed by atoms with van der Waals surface area (Å²) in [6.07, 6.45) is 3.21. The zero-order chi connectivity index (χ0) is 16.9. The molecule has 7 nitrogen and oxygen atoms in total. The fraction of sp³-hybridized carbons (Fsp3) is 0.769. The molecule has 0 heterocycles. The molecule has 0 atom stereocenters. The van der Waals surface area contributed by atoms with Crippen LogP contribution in [-0.2, 0) is 14.3 Å². The quantitative estimate of drug-likeness (QED) is 0.447. The topological polar surface area (TPSA) is 119 Å². The van der Waals surface area contributed by atoms with Gasteiger partial charge in [0, 0.05) is 6.61 Å². The van der Waals surface area contributed by atoms with E-state index in [1.165, 1.54) is 0 Å². The Labute approximate surface area is 133 Å². The van der Waals surface area contributed by atoms with E-state index in [9.17, 15) is 14.4 Å². The molecule has 0 aromatic heterocycles. The Kier molecular flexibility index (Phi) is 13.3. The molecule has 0 aromatic rings. The van der Waals surface area contributed by atoms with Crippen LogP contribution in [0.4, 0.5) is 4.79 Å². The van der Waals surface area contributed by atoms with Gasteiger partial charge in [0.05, 0.1) is 0 Å². The average molecular weight is 369 g/mol. The van der Waals surface area contributed by atoms with Crippen LogP contribution in [0, 0.1) is 0 Å². The number of urea groups is 1. The Hall–Kier alpha value is -1.15. The molecule has 4 N–H and O–H groups in total. The van der Waals surface area contributed by atoms with E-state index in [0.717, 1.165) is 12.8 Å². The van der Waals surface area contributed by atoms with E-state index in [4.69, 9.17) is 15.6 Å². The molecule has 21 heavy (non-hydrogen) atoms. The number of carboxylic acid groups (broad SMARTS) is 1. The summed E-state index contributed by atoms with van der Waals surface area (Å²) in [4.78, 5) is 31.5. The number of halogens is 1. The molecule has 3 amide bonds. The largest absolute Gasteiger partial charge is 0.480 e. The lowest BCUT2D eigenvalue weighted by Gasteiger charge is -2.21. The number of rotatable bonds is 8. The van der Waals surface area contributed by atoms with Crippen LogP contribution in [-0.4, -0.2) is 40.6 Å². The summed E-state index contributed by atoms with van der Waals surface area (Å²) >= 11 is 3.26. The molecule has 0 saturated heterocycles. The van der Waals surface area contributed by atoms with Crippen molar-refractivity contribution < 1.29 is 24.2 Å². The maximum Gasteiger partial charge on any atom is 0.329 e. The summed E-state index contributed by atoms with van der Waals surface area (Å²) in [5.41, 5.74) is 4.81. The number of unbranched alkanes of at least 4 members (excludes halogenated alkanes) is 1. The van der Waals surface area contributed by atoms with Gasteiger partial charge in [-0.1, -0.05) is 43.1 Å². The number of amides is 3. The number of imide groups is 1. The third-order valence-electron chi connectivity index (χ3n) is 2.63. The third kappa shape index (κ3) is 12.3. The van der Waals surface area contributed by atoms with Gasteiger partial charge in [-0.25, -0.2) is 9.59 Å². The smallest absolute Gasteiger partial charge is 0.329 e. The van der Waals surface area contributed by atoms with Gasteiger partial charge in [-0.05, 0) is 19.3 Å². The number of nitrogens with one attached hydrogen (secondary N) is 1. The van der Waals surface area contributed by atoms with Crippen LogP contribution in [0.2, 0.25) is 0 Å². The van der Waals surface area contributed by atoms with Crippen molar-refractivity contribution in [2.24, 2.45) is 5.73 Å². The van der Waals surface area contributed by atoms with E-state index >= 15 is 0 Å². The number of hydrogen-bond donors (Lipinski definition) is 3. The molecule has 0 aliphatic rings. The fourth-order valence-electron chi connectivity index (χ4n) is 1.20. The van der Waals surface area contributed by atoms with Crippen molar-refractivity contribution in [3.05, 3.63) is 0 Å². The van der Waals surface area contributed by atoms with E-state index < -0.39 is 16.3 Å². The number of carboxylic acids is 1. The Morgan fingerprint density at radius 3 is 2.10 bits per heavy atom. The minimum absolute atomic E-state index is 0.167. The van der Waals surface area contributed by atoms with Crippen LogP contribution in [0.1, 0.15) is 46.5 Å². The van der Waals surface area contributed by atoms with Gasteiger partial charge in [0.15, 0.2) is 0 Å². The Morgan fingerprint density at radius 1 is 1.24 bits per heavy atom. The van der Waals surface area contributed by atoms with Crippen molar-refractivity contribution >= 4 is 33.8 Å². The monoisotopic (exact) mass is 368 g/mol. The highest BCUT2D eigenvalue weighted by Crippen LogP contribution is 2.26. The first-order valence-electron chi connectivity index (χ1n) is 6.82. The van der Waals surface area contributed by atoms with Crippen LogP contribution in [0.5, 0.6) is 0 Å². The van der Waals surface area contributed by atoms with Crippen molar-refractivity contribution in [3.8, 4) is 0 Å². The highest BCUT2D eigenvalue weighted by atomic mass is 79.9. The SMILES string of the molecule is CCC(Br)(CC)C(=O)NC(N)=O.CCCCOCC(=O)O. The van der Waals surface area contributed by atoms with Gasteiger partial charge in [-0.15, -0.1) is 0 Å². The van der Waals surface area contributed by atoms with E-state index in [-0.39, 0.29) is 12.5 Å². The van der Waals surface area contributed by atoms with Gasteiger partial charge in [-0.3, -0.25) is 10.1 Å². The number of hydrogen-bond acceptors (Lipinski definition) is 4. The second-order valence-electron chi connectivity index (χ2n) is 4.29. The predicted molar refractivity (Wildman–Crippen MR) is 83.3 cm³/mol. The molecule has 0 aliphatic heterocycles. The minimum Gasteiger partial charge on any atom is -0.480 e. The molecule has 0 unspecified atom stereocenters. The lowest BCUT2D eigenvalue weighted by Crippen LogP contribution is -2.46. The van der Waals surface area contributed by atoms with Crippen LogP contribution in [0.3, 0.4) is 0 Å². The first-order valence-corrected chi connectivity index (χ1v) is 7.62. The molecule has 0 rings (SSSR count). The summed E-state index contributed by atoms with van der Waals surface area (Å²) in [6, 6.07) is -0.814. The average Bonchev–Trinajstić information content (AvgIpc) is 2.42. The van der Waals surface area contributed by atoms with Gasteiger partial charge < -0.3 is 15.6 Å². The number of ether oxygens (including phenoxy) is 1. The van der Waals surface area contributed by atoms with Crippen LogP contribution in [0.15, 0.2) is 0 Å². The molecule has 0 bridgehead atoms. The molecular formula is C13H25BrN2O5. The Bertz CT molecular complexity index is 333. The number of carbonyl (C=O) groups excluding carboxylic acids is 2. The third-order valence-corrected chi connectivity index (χ3v) is 4.11. The number of carbonyl (C=O) groups is 3. The molecule has 0 saturated carbocycles. The first kappa shape index (κ1) is 22.1. The lowest BCUT2D eigenvalue weighted by molar-refractivity contribution is -0.142. The lowest BCUT2D eigenvalue weighted by atomic mass is 10.0. The maximum absolute atomic E-state index is 11.3. The molecular weight excluding hydrogens is 344 g/mol. The van der Waals surface area contributed by atoms with E-state index in [2.05, 4.69) is 15.9 Å². The zero-order valence-corrected chi connectivity index (χ0v) is 14.4. The molecule has 124 valence electrons. The number of nitrogens with two attached hydrogens (primary N) is 1. The standard InChI is InChI=1S/C7H13BrN2O2.C6H12O3/c1-3-7(8,4-2)5(11)10-6(9)12;1-2-3-4-9-5-6(7)8/h3-4H2,1-2H3,(H3,9,10,11,12);2-5H2,1H3,(H,7,8). The second-order valence-corrected chi connectivity index (χ2v) is 5.81. The zero-order valence-electron chi connectivity index (χ0n) is 12.8. The summed E-state index contributed by atoms with van der Waals surface area (Å²) in [7, 11) is 0. The van der Waals surface area contributed by atoms with Crippen molar-refractivity contribution in [2.75, 3.05) is 13.2 Å². The first-order chi connectivity index (χ1) is 9.73. The molecule has 8 heteroatoms. The number of alkyl halides is 1. The van der Waals surface area contributed by atoms with Gasteiger partial charge in [0.25, 0.3) is 0 Å². The van der Waals surface area contributed by atoms with Crippen LogP contribution < -0.4 is 11.1 Å². The van der Waals surface area contributed by atoms with E-state index in [1.807, 2.05) is 26.1 Å². The molecule has 0 radical (unpaired) electrons. The normalized spacial score (nSPS) is 10.3. The van der Waals surface area contributed by atoms with E-state index in [1.54, 1.807) is 0 Å². The highest BCUT2D eigenvalue weighted by molar-refractivity contribution is 9.10. The van der Waals surface area contributed by atoms with Crippen LogP contribution in [0.25, 0.3) is 0 Å². The van der Waals surface area contributed by atoms with Gasteiger partial charge >= 0.3 is 12.0 Å². The summed E-state index contributed by atoms with van der Waals surface area (Å²) in [6.45, 7) is 6.14. The number of primary amides is 1. The van der Waals surface area contributed by atoms with Crippen molar-refractivity contribution in [1.29, 1.82) is 0 Å². The number of aliphatic carboxylic acids is 1. The highest BCUT2D eigenvalue weighted by Gasteiger charge is 2.32. The van der Waals surface area contributed by atoms with Crippen molar-refractivity contribution in [1.82, 2.24) is 5.32 Å². The van der Waals surface area contributed by atoms with Gasteiger partial charge in [-0.2, -0.15) is 0 Å². The fourth-order valence-corrected chi connectivity index (χ4v) is 1.30. The van der Waals surface area contributed by atoms with Crippen molar-refractivity contribution in [3.63, 3.8) is 0 Å².